The summed E-state index contributed by atoms with van der Waals surface area (Å²) in [5.74, 6) is 0.911. The average Bonchev–Trinajstić information content (AvgIpc) is 2.43. The molecule has 0 aliphatic carbocycles. The van der Waals surface area contributed by atoms with E-state index in [1.165, 1.54) is 5.56 Å². The lowest BCUT2D eigenvalue weighted by atomic mass is 10.0. The number of carbonyl (C=O) groups is 1. The Morgan fingerprint density at radius 1 is 1.10 bits per heavy atom. The van der Waals surface area contributed by atoms with Crippen LogP contribution < -0.4 is 5.32 Å². The van der Waals surface area contributed by atoms with Crippen LogP contribution in [-0.2, 0) is 0 Å². The minimum Gasteiger partial charge on any atom is -0.321 e. The van der Waals surface area contributed by atoms with E-state index in [0.29, 0.717) is 0 Å². The number of rotatable bonds is 4. The van der Waals surface area contributed by atoms with Crippen LogP contribution >= 0.6 is 11.8 Å². The van der Waals surface area contributed by atoms with Crippen molar-refractivity contribution in [1.29, 1.82) is 0 Å². The minimum absolute atomic E-state index is 0.0402. The van der Waals surface area contributed by atoms with Crippen LogP contribution in [0.1, 0.15) is 34.0 Å². The van der Waals surface area contributed by atoms with Gasteiger partial charge in [0.25, 0.3) is 5.91 Å². The van der Waals surface area contributed by atoms with E-state index in [-0.39, 0.29) is 5.91 Å². The molecule has 0 aliphatic heterocycles. The number of carbonyl (C=O) groups excluding carboxylic acids is 1. The maximum atomic E-state index is 12.6. The average molecular weight is 299 g/mol. The zero-order valence-corrected chi connectivity index (χ0v) is 13.8. The number of thioether (sulfide) groups is 1. The van der Waals surface area contributed by atoms with Crippen molar-refractivity contribution >= 4 is 23.4 Å². The molecule has 2 aromatic rings. The molecule has 0 saturated carbocycles. The van der Waals surface area contributed by atoms with E-state index in [1.807, 2.05) is 38.1 Å². The fourth-order valence-corrected chi connectivity index (χ4v) is 3.30. The van der Waals surface area contributed by atoms with E-state index >= 15 is 0 Å². The molecule has 0 aromatic heterocycles. The molecule has 21 heavy (non-hydrogen) atoms. The molecule has 0 spiro atoms. The fraction of sp³-hybridized carbons (Fsp3) is 0.278. The second kappa shape index (κ2) is 6.81. The molecule has 0 atom stereocenters. The van der Waals surface area contributed by atoms with Crippen LogP contribution in [0, 0.1) is 20.8 Å². The zero-order valence-electron chi connectivity index (χ0n) is 13.0. The predicted octanol–water partition coefficient (Wildman–Crippen LogP) is 4.98. The van der Waals surface area contributed by atoms with Crippen LogP contribution in [-0.4, -0.2) is 11.7 Å². The quantitative estimate of drug-likeness (QED) is 0.807. The number of benzene rings is 2. The van der Waals surface area contributed by atoms with Crippen LogP contribution in [0.25, 0.3) is 0 Å². The molecular weight excluding hydrogens is 278 g/mol. The van der Waals surface area contributed by atoms with Crippen LogP contribution in [0.5, 0.6) is 0 Å². The molecule has 0 fully saturated rings. The van der Waals surface area contributed by atoms with E-state index in [2.05, 4.69) is 31.3 Å². The van der Waals surface area contributed by atoms with E-state index in [0.717, 1.165) is 33.0 Å². The molecule has 2 nitrogen and oxygen atoms in total. The van der Waals surface area contributed by atoms with E-state index in [9.17, 15) is 4.79 Å². The van der Waals surface area contributed by atoms with Crippen molar-refractivity contribution in [2.24, 2.45) is 0 Å². The Labute approximate surface area is 131 Å². The first kappa shape index (κ1) is 15.6. The minimum atomic E-state index is -0.0402. The highest BCUT2D eigenvalue weighted by molar-refractivity contribution is 7.99. The first-order chi connectivity index (χ1) is 10.0. The molecule has 0 unspecified atom stereocenters. The van der Waals surface area contributed by atoms with Gasteiger partial charge in [0.2, 0.25) is 0 Å². The molecule has 0 bridgehead atoms. The molecule has 0 heterocycles. The third-order valence-electron chi connectivity index (χ3n) is 3.35. The maximum Gasteiger partial charge on any atom is 0.256 e. The van der Waals surface area contributed by atoms with Gasteiger partial charge >= 0.3 is 0 Å². The Morgan fingerprint density at radius 3 is 2.33 bits per heavy atom. The first-order valence-corrected chi connectivity index (χ1v) is 8.12. The molecule has 1 amide bonds. The molecule has 0 aliphatic rings. The van der Waals surface area contributed by atoms with Gasteiger partial charge in [0.1, 0.15) is 0 Å². The Morgan fingerprint density at radius 2 is 1.71 bits per heavy atom. The van der Waals surface area contributed by atoms with Crippen molar-refractivity contribution in [3.8, 4) is 0 Å². The van der Waals surface area contributed by atoms with Crippen molar-refractivity contribution in [3.05, 3.63) is 58.7 Å². The summed E-state index contributed by atoms with van der Waals surface area (Å²) in [6.07, 6.45) is 0. The summed E-state index contributed by atoms with van der Waals surface area (Å²) in [4.78, 5) is 13.6. The SMILES string of the molecule is CCSc1ccccc1C(=O)Nc1c(C)cc(C)cc1C. The molecule has 110 valence electrons. The Kier molecular flexibility index (Phi) is 5.07. The van der Waals surface area contributed by atoms with Gasteiger partial charge in [-0.25, -0.2) is 0 Å². The summed E-state index contributed by atoms with van der Waals surface area (Å²) in [5, 5.41) is 3.07. The molecule has 0 saturated heterocycles. The summed E-state index contributed by atoms with van der Waals surface area (Å²) in [5.41, 5.74) is 5.07. The van der Waals surface area contributed by atoms with Crippen molar-refractivity contribution < 1.29 is 4.79 Å². The first-order valence-electron chi connectivity index (χ1n) is 7.14. The van der Waals surface area contributed by atoms with Gasteiger partial charge in [-0.1, -0.05) is 36.8 Å². The predicted molar refractivity (Wildman–Crippen MR) is 91.4 cm³/mol. The zero-order chi connectivity index (χ0) is 15.4. The standard InChI is InChI=1S/C18H21NOS/c1-5-21-16-9-7-6-8-15(16)18(20)19-17-13(3)10-12(2)11-14(17)4/h6-11H,5H2,1-4H3,(H,19,20). The molecule has 2 aromatic carbocycles. The van der Waals surface area contributed by atoms with Crippen LogP contribution in [0.3, 0.4) is 0 Å². The largest absolute Gasteiger partial charge is 0.321 e. The van der Waals surface area contributed by atoms with Crippen LogP contribution in [0.4, 0.5) is 5.69 Å². The van der Waals surface area contributed by atoms with Gasteiger partial charge in [-0.05, 0) is 49.8 Å². The lowest BCUT2D eigenvalue weighted by Crippen LogP contribution is -2.15. The Bertz CT molecular complexity index is 641. The van der Waals surface area contributed by atoms with Gasteiger partial charge in [-0.3, -0.25) is 4.79 Å². The highest BCUT2D eigenvalue weighted by atomic mass is 32.2. The summed E-state index contributed by atoms with van der Waals surface area (Å²) in [6, 6.07) is 11.9. The number of hydrogen-bond donors (Lipinski definition) is 1. The molecular formula is C18H21NOS. The number of anilines is 1. The number of nitrogens with one attached hydrogen (secondary N) is 1. The van der Waals surface area contributed by atoms with Crippen molar-refractivity contribution in [1.82, 2.24) is 0 Å². The normalized spacial score (nSPS) is 10.5. The monoisotopic (exact) mass is 299 g/mol. The number of aryl methyl sites for hydroxylation is 3. The molecule has 1 N–H and O–H groups in total. The lowest BCUT2D eigenvalue weighted by molar-refractivity contribution is 0.102. The number of amides is 1. The highest BCUT2D eigenvalue weighted by Crippen LogP contribution is 2.26. The van der Waals surface area contributed by atoms with Crippen molar-refractivity contribution in [2.45, 2.75) is 32.6 Å². The van der Waals surface area contributed by atoms with Gasteiger partial charge in [0.05, 0.1) is 5.56 Å². The third kappa shape index (κ3) is 3.67. The summed E-state index contributed by atoms with van der Waals surface area (Å²) < 4.78 is 0. The van der Waals surface area contributed by atoms with E-state index < -0.39 is 0 Å². The molecule has 3 heteroatoms. The van der Waals surface area contributed by atoms with Gasteiger partial charge in [0, 0.05) is 10.6 Å². The van der Waals surface area contributed by atoms with E-state index in [4.69, 9.17) is 0 Å². The van der Waals surface area contributed by atoms with Crippen molar-refractivity contribution in [2.75, 3.05) is 11.1 Å². The van der Waals surface area contributed by atoms with Crippen molar-refractivity contribution in [3.63, 3.8) is 0 Å². The van der Waals surface area contributed by atoms with Gasteiger partial charge in [-0.2, -0.15) is 0 Å². The van der Waals surface area contributed by atoms with Gasteiger partial charge in [0.15, 0.2) is 0 Å². The summed E-state index contributed by atoms with van der Waals surface area (Å²) >= 11 is 1.69. The Hall–Kier alpha value is -1.74. The second-order valence-electron chi connectivity index (χ2n) is 5.16. The second-order valence-corrected chi connectivity index (χ2v) is 6.46. The Balaban J connectivity index is 2.31. The fourth-order valence-electron chi connectivity index (χ4n) is 2.49. The smallest absolute Gasteiger partial charge is 0.256 e. The van der Waals surface area contributed by atoms with E-state index in [1.54, 1.807) is 11.8 Å². The maximum absolute atomic E-state index is 12.6. The molecule has 0 radical (unpaired) electrons. The van der Waals surface area contributed by atoms with Gasteiger partial charge < -0.3 is 5.32 Å². The van der Waals surface area contributed by atoms with Crippen LogP contribution in [0.2, 0.25) is 0 Å². The summed E-state index contributed by atoms with van der Waals surface area (Å²) in [7, 11) is 0. The van der Waals surface area contributed by atoms with Crippen LogP contribution in [0.15, 0.2) is 41.3 Å². The highest BCUT2D eigenvalue weighted by Gasteiger charge is 2.13. The topological polar surface area (TPSA) is 29.1 Å². The lowest BCUT2D eigenvalue weighted by Gasteiger charge is -2.14. The summed E-state index contributed by atoms with van der Waals surface area (Å²) in [6.45, 7) is 8.22. The molecule has 2 rings (SSSR count). The number of hydrogen-bond acceptors (Lipinski definition) is 2. The third-order valence-corrected chi connectivity index (χ3v) is 4.30. The van der Waals surface area contributed by atoms with Gasteiger partial charge in [-0.15, -0.1) is 11.8 Å².